The molecule has 0 aliphatic heterocycles. The normalized spacial score (nSPS) is 8.10. The average molecular weight is 159 g/mol. The Balaban J connectivity index is 0.000000810. The third kappa shape index (κ3) is 2.11. The van der Waals surface area contributed by atoms with Crippen LogP contribution in [0.25, 0.3) is 0 Å². The van der Waals surface area contributed by atoms with Crippen LogP contribution in [0.2, 0.25) is 0 Å². The number of rotatable bonds is 1. The summed E-state index contributed by atoms with van der Waals surface area (Å²) in [5.41, 5.74) is 1.03. The van der Waals surface area contributed by atoms with E-state index in [1.165, 1.54) is 0 Å². The second kappa shape index (κ2) is 3.95. The van der Waals surface area contributed by atoms with E-state index >= 15 is 0 Å². The van der Waals surface area contributed by atoms with Crippen LogP contribution in [-0.4, -0.2) is 4.98 Å². The third-order valence-electron chi connectivity index (χ3n) is 0.989. The maximum atomic E-state index is 9.81. The van der Waals surface area contributed by atoms with E-state index in [0.717, 1.165) is 5.56 Å². The molecule has 1 aromatic heterocycles. The SMILES string of the molecule is Cc1ccc(N=O)nc1.Cl. The molecule has 0 saturated carbocycles. The van der Waals surface area contributed by atoms with Crippen LogP contribution in [0.5, 0.6) is 0 Å². The van der Waals surface area contributed by atoms with Crippen LogP contribution in [-0.2, 0) is 0 Å². The lowest BCUT2D eigenvalue weighted by atomic mass is 10.3. The van der Waals surface area contributed by atoms with Crippen LogP contribution in [0.3, 0.4) is 0 Å². The molecule has 0 atom stereocenters. The number of hydrogen-bond acceptors (Lipinski definition) is 3. The van der Waals surface area contributed by atoms with Gasteiger partial charge in [-0.2, -0.15) is 0 Å². The zero-order valence-corrected chi connectivity index (χ0v) is 6.26. The highest BCUT2D eigenvalue weighted by atomic mass is 35.5. The molecular formula is C6H7ClN2O. The zero-order chi connectivity index (χ0) is 6.69. The fraction of sp³-hybridized carbons (Fsp3) is 0.167. The zero-order valence-electron chi connectivity index (χ0n) is 5.44. The van der Waals surface area contributed by atoms with E-state index in [0.29, 0.717) is 0 Å². The minimum atomic E-state index is 0. The lowest BCUT2D eigenvalue weighted by Gasteiger charge is -1.87. The van der Waals surface area contributed by atoms with Crippen molar-refractivity contribution >= 4 is 18.2 Å². The predicted octanol–water partition coefficient (Wildman–Crippen LogP) is 2.21. The van der Waals surface area contributed by atoms with Crippen LogP contribution in [0, 0.1) is 11.8 Å². The van der Waals surface area contributed by atoms with E-state index < -0.39 is 0 Å². The van der Waals surface area contributed by atoms with Crippen molar-refractivity contribution in [3.05, 3.63) is 28.8 Å². The van der Waals surface area contributed by atoms with Crippen LogP contribution >= 0.6 is 12.4 Å². The topological polar surface area (TPSA) is 42.3 Å². The van der Waals surface area contributed by atoms with E-state index in [-0.39, 0.29) is 18.2 Å². The van der Waals surface area contributed by atoms with E-state index in [4.69, 9.17) is 0 Å². The summed E-state index contributed by atoms with van der Waals surface area (Å²) in [7, 11) is 0. The highest BCUT2D eigenvalue weighted by molar-refractivity contribution is 5.85. The molecule has 0 saturated heterocycles. The number of nitroso groups, excluding NO2 is 1. The van der Waals surface area contributed by atoms with Gasteiger partial charge in [-0.1, -0.05) is 6.07 Å². The Morgan fingerprint density at radius 3 is 2.60 bits per heavy atom. The molecule has 0 unspecified atom stereocenters. The Hall–Kier alpha value is -0.960. The summed E-state index contributed by atoms with van der Waals surface area (Å²) in [6, 6.07) is 3.38. The van der Waals surface area contributed by atoms with Crippen molar-refractivity contribution in [2.24, 2.45) is 5.18 Å². The molecule has 1 aromatic rings. The maximum Gasteiger partial charge on any atom is 0.196 e. The molecule has 0 amide bonds. The first-order valence-corrected chi connectivity index (χ1v) is 2.59. The summed E-state index contributed by atoms with van der Waals surface area (Å²) in [4.78, 5) is 13.5. The van der Waals surface area contributed by atoms with Gasteiger partial charge in [0.05, 0.1) is 0 Å². The molecule has 0 spiro atoms. The van der Waals surface area contributed by atoms with Crippen LogP contribution in [0.1, 0.15) is 5.56 Å². The van der Waals surface area contributed by atoms with E-state index in [9.17, 15) is 4.91 Å². The van der Waals surface area contributed by atoms with Crippen molar-refractivity contribution < 1.29 is 0 Å². The van der Waals surface area contributed by atoms with Gasteiger partial charge in [0.15, 0.2) is 5.82 Å². The molecular weight excluding hydrogens is 152 g/mol. The Labute approximate surface area is 64.9 Å². The van der Waals surface area contributed by atoms with Gasteiger partial charge in [-0.25, -0.2) is 4.98 Å². The van der Waals surface area contributed by atoms with Crippen molar-refractivity contribution in [3.63, 3.8) is 0 Å². The lowest BCUT2D eigenvalue weighted by Crippen LogP contribution is -1.73. The molecule has 0 aromatic carbocycles. The predicted molar refractivity (Wildman–Crippen MR) is 41.7 cm³/mol. The van der Waals surface area contributed by atoms with E-state index in [2.05, 4.69) is 10.2 Å². The van der Waals surface area contributed by atoms with Crippen molar-refractivity contribution in [1.29, 1.82) is 0 Å². The van der Waals surface area contributed by atoms with Crippen LogP contribution in [0.4, 0.5) is 5.82 Å². The molecule has 10 heavy (non-hydrogen) atoms. The minimum absolute atomic E-state index is 0. The molecule has 0 bridgehead atoms. The number of aromatic nitrogens is 1. The second-order valence-electron chi connectivity index (χ2n) is 1.79. The highest BCUT2D eigenvalue weighted by Crippen LogP contribution is 2.05. The van der Waals surface area contributed by atoms with Gasteiger partial charge in [-0.05, 0) is 23.7 Å². The molecule has 0 N–H and O–H groups in total. The van der Waals surface area contributed by atoms with E-state index in [1.807, 2.05) is 6.92 Å². The second-order valence-corrected chi connectivity index (χ2v) is 1.79. The molecule has 4 heteroatoms. The monoisotopic (exact) mass is 158 g/mol. The van der Waals surface area contributed by atoms with Crippen molar-refractivity contribution in [1.82, 2.24) is 4.98 Å². The number of nitrogens with zero attached hydrogens (tertiary/aromatic N) is 2. The van der Waals surface area contributed by atoms with Crippen LogP contribution < -0.4 is 0 Å². The fourth-order valence-corrected chi connectivity index (χ4v) is 0.514. The number of aryl methyl sites for hydroxylation is 1. The highest BCUT2D eigenvalue weighted by Gasteiger charge is 1.87. The molecule has 54 valence electrons. The van der Waals surface area contributed by atoms with Crippen molar-refractivity contribution in [2.45, 2.75) is 6.92 Å². The summed E-state index contributed by atoms with van der Waals surface area (Å²) < 4.78 is 0. The molecule has 1 rings (SSSR count). The first kappa shape index (κ1) is 9.04. The molecule has 0 radical (unpaired) electrons. The fourth-order valence-electron chi connectivity index (χ4n) is 0.514. The van der Waals surface area contributed by atoms with Gasteiger partial charge in [0.2, 0.25) is 0 Å². The summed E-state index contributed by atoms with van der Waals surface area (Å²) in [5, 5.41) is 2.65. The summed E-state index contributed by atoms with van der Waals surface area (Å²) in [6.07, 6.45) is 1.61. The molecule has 0 aliphatic carbocycles. The van der Waals surface area contributed by atoms with Gasteiger partial charge in [-0.3, -0.25) is 0 Å². The van der Waals surface area contributed by atoms with Gasteiger partial charge in [0.1, 0.15) is 0 Å². The first-order chi connectivity index (χ1) is 4.33. The molecule has 0 aliphatic rings. The number of hydrogen-bond donors (Lipinski definition) is 0. The Morgan fingerprint density at radius 1 is 1.50 bits per heavy atom. The van der Waals surface area contributed by atoms with Gasteiger partial charge in [0.25, 0.3) is 0 Å². The van der Waals surface area contributed by atoms with Gasteiger partial charge in [0, 0.05) is 6.20 Å². The quantitative estimate of drug-likeness (QED) is 0.588. The summed E-state index contributed by atoms with van der Waals surface area (Å²) in [5.74, 6) is 0.237. The Bertz CT molecular complexity index is 209. The molecule has 3 nitrogen and oxygen atoms in total. The van der Waals surface area contributed by atoms with Crippen molar-refractivity contribution in [2.75, 3.05) is 0 Å². The number of pyridine rings is 1. The standard InChI is InChI=1S/C6H6N2O.ClH/c1-5-2-3-6(8-9)7-4-5;/h2-4H,1H3;1H. The van der Waals surface area contributed by atoms with Crippen LogP contribution in [0.15, 0.2) is 23.5 Å². The lowest BCUT2D eigenvalue weighted by molar-refractivity contribution is 1.23. The summed E-state index contributed by atoms with van der Waals surface area (Å²) in [6.45, 7) is 1.90. The largest absolute Gasteiger partial charge is 0.234 e. The molecule has 0 fully saturated rings. The van der Waals surface area contributed by atoms with Gasteiger partial charge < -0.3 is 0 Å². The Morgan fingerprint density at radius 2 is 2.20 bits per heavy atom. The molecule has 1 heterocycles. The van der Waals surface area contributed by atoms with E-state index in [1.54, 1.807) is 18.3 Å². The first-order valence-electron chi connectivity index (χ1n) is 2.59. The van der Waals surface area contributed by atoms with Gasteiger partial charge in [-0.15, -0.1) is 17.3 Å². The average Bonchev–Trinajstić information content (AvgIpc) is 1.90. The smallest absolute Gasteiger partial charge is 0.196 e. The summed E-state index contributed by atoms with van der Waals surface area (Å²) >= 11 is 0. The van der Waals surface area contributed by atoms with Crippen molar-refractivity contribution in [3.8, 4) is 0 Å². The third-order valence-corrected chi connectivity index (χ3v) is 0.989. The van der Waals surface area contributed by atoms with Gasteiger partial charge >= 0.3 is 0 Å². The maximum absolute atomic E-state index is 9.81. The Kier molecular flexibility index (Phi) is 3.57. The minimum Gasteiger partial charge on any atom is -0.234 e. The number of halogens is 1.